The van der Waals surface area contributed by atoms with E-state index < -0.39 is 17.9 Å². The molecule has 19 heavy (non-hydrogen) atoms. The van der Waals surface area contributed by atoms with Gasteiger partial charge in [0.15, 0.2) is 0 Å². The molecule has 0 fully saturated rings. The van der Waals surface area contributed by atoms with Crippen LogP contribution in [0.1, 0.15) is 18.5 Å². The van der Waals surface area contributed by atoms with Crippen molar-refractivity contribution in [2.45, 2.75) is 18.9 Å². The van der Waals surface area contributed by atoms with E-state index in [1.807, 2.05) is 22.6 Å². The van der Waals surface area contributed by atoms with E-state index in [1.165, 1.54) is 13.0 Å². The van der Waals surface area contributed by atoms with Crippen LogP contribution < -0.4 is 5.73 Å². The van der Waals surface area contributed by atoms with Crippen molar-refractivity contribution in [2.24, 2.45) is 5.73 Å². The van der Waals surface area contributed by atoms with Crippen LogP contribution in [0.15, 0.2) is 12.1 Å². The number of nitrogens with two attached hydrogens (primary N) is 1. The zero-order valence-electron chi connectivity index (χ0n) is 9.79. The van der Waals surface area contributed by atoms with E-state index in [2.05, 4.69) is 4.74 Å². The number of carbonyl (C=O) groups is 1. The molecule has 0 aliphatic rings. The van der Waals surface area contributed by atoms with Crippen LogP contribution in [0.5, 0.6) is 5.75 Å². The lowest BCUT2D eigenvalue weighted by atomic mass is 10.0. The molecule has 1 aromatic rings. The van der Waals surface area contributed by atoms with Crippen molar-refractivity contribution in [3.63, 3.8) is 0 Å². The second-order valence-corrected chi connectivity index (χ2v) is 6.05. The van der Waals surface area contributed by atoms with Crippen LogP contribution in [0.4, 0.5) is 8.78 Å². The van der Waals surface area contributed by atoms with E-state index in [0.717, 1.165) is 0 Å². The summed E-state index contributed by atoms with van der Waals surface area (Å²) in [6.45, 7) is 1.25. The molecule has 1 rings (SSSR count). The number of aromatic hydroxyl groups is 1. The van der Waals surface area contributed by atoms with Crippen LogP contribution in [0.25, 0.3) is 0 Å². The van der Waals surface area contributed by atoms with E-state index >= 15 is 0 Å². The van der Waals surface area contributed by atoms with Crippen LogP contribution in [0.3, 0.4) is 0 Å². The number of carbonyl (C=O) groups excluding carboxylic acids is 1. The van der Waals surface area contributed by atoms with Crippen LogP contribution in [0, 0.1) is 7.14 Å². The van der Waals surface area contributed by atoms with Crippen molar-refractivity contribution >= 4 is 51.2 Å². The third kappa shape index (κ3) is 3.66. The molecule has 0 heterocycles. The summed E-state index contributed by atoms with van der Waals surface area (Å²) in [5.74, 6) is -5.95. The number of halogens is 4. The molecule has 0 aliphatic carbocycles. The van der Waals surface area contributed by atoms with Crippen LogP contribution in [-0.4, -0.2) is 23.6 Å². The maximum atomic E-state index is 13.8. The molecule has 0 aromatic heterocycles. The molecule has 0 radical (unpaired) electrons. The average Bonchev–Trinajstić information content (AvgIpc) is 2.33. The summed E-state index contributed by atoms with van der Waals surface area (Å²) in [5, 5.41) is 9.79. The van der Waals surface area contributed by atoms with Crippen molar-refractivity contribution in [3.8, 4) is 5.75 Å². The van der Waals surface area contributed by atoms with Crippen molar-refractivity contribution in [2.75, 3.05) is 6.61 Å². The zero-order chi connectivity index (χ0) is 14.8. The van der Waals surface area contributed by atoms with Gasteiger partial charge in [0.25, 0.3) is 0 Å². The van der Waals surface area contributed by atoms with Gasteiger partial charge >= 0.3 is 11.9 Å². The lowest BCUT2D eigenvalue weighted by molar-refractivity contribution is -0.174. The number of rotatable bonds is 4. The highest BCUT2D eigenvalue weighted by Gasteiger charge is 2.48. The molecule has 1 aromatic carbocycles. The molecule has 106 valence electrons. The van der Waals surface area contributed by atoms with Crippen molar-refractivity contribution in [1.29, 1.82) is 0 Å². The number of esters is 1. The fraction of sp³-hybridized carbons (Fsp3) is 0.364. The van der Waals surface area contributed by atoms with Crippen LogP contribution in [0.2, 0.25) is 0 Å². The number of hydrogen-bond acceptors (Lipinski definition) is 4. The Labute approximate surface area is 136 Å². The van der Waals surface area contributed by atoms with E-state index in [1.54, 1.807) is 28.7 Å². The van der Waals surface area contributed by atoms with Crippen molar-refractivity contribution < 1.29 is 23.4 Å². The van der Waals surface area contributed by atoms with Gasteiger partial charge < -0.3 is 15.6 Å². The first-order valence-corrected chi connectivity index (χ1v) is 7.36. The highest BCUT2D eigenvalue weighted by atomic mass is 127. The molecule has 0 bridgehead atoms. The first kappa shape index (κ1) is 16.8. The minimum Gasteiger partial charge on any atom is -0.506 e. The second kappa shape index (κ2) is 6.48. The Balaban J connectivity index is 3.19. The number of ether oxygens (including phenoxy) is 1. The third-order valence-electron chi connectivity index (χ3n) is 2.33. The Morgan fingerprint density at radius 3 is 2.63 bits per heavy atom. The minimum atomic E-state index is -3.90. The third-order valence-corrected chi connectivity index (χ3v) is 3.78. The van der Waals surface area contributed by atoms with E-state index in [0.29, 0.717) is 7.14 Å². The quantitative estimate of drug-likeness (QED) is 0.496. The van der Waals surface area contributed by atoms with Gasteiger partial charge in [0.2, 0.25) is 0 Å². The molecule has 8 heteroatoms. The lowest BCUT2D eigenvalue weighted by Gasteiger charge is -2.23. The standard InChI is InChI=1S/C11H11F2I2NO3/c1-2-19-10(18)11(12,13)9(16)6-3-5(14)4-7(15)8(6)17/h3-4,9,17H,2,16H2,1H3/t9-/m0/s1. The number of alkyl halides is 2. The lowest BCUT2D eigenvalue weighted by Crippen LogP contribution is -2.41. The van der Waals surface area contributed by atoms with Gasteiger partial charge in [-0.25, -0.2) is 4.79 Å². The minimum absolute atomic E-state index is 0.170. The normalized spacial score (nSPS) is 13.2. The first-order valence-electron chi connectivity index (χ1n) is 5.20. The maximum absolute atomic E-state index is 13.8. The fourth-order valence-corrected chi connectivity index (χ4v) is 3.26. The van der Waals surface area contributed by atoms with Gasteiger partial charge in [0.1, 0.15) is 11.8 Å². The Bertz CT molecular complexity index is 497. The predicted octanol–water partition coefficient (Wildman–Crippen LogP) is 2.80. The second-order valence-electron chi connectivity index (χ2n) is 3.65. The van der Waals surface area contributed by atoms with Gasteiger partial charge in [-0.1, -0.05) is 0 Å². The molecule has 0 unspecified atom stereocenters. The van der Waals surface area contributed by atoms with Gasteiger partial charge in [0, 0.05) is 9.13 Å². The van der Waals surface area contributed by atoms with E-state index in [4.69, 9.17) is 5.73 Å². The molecular formula is C11H11F2I2NO3. The fourth-order valence-electron chi connectivity index (χ4n) is 1.37. The van der Waals surface area contributed by atoms with Gasteiger partial charge in [-0.3, -0.25) is 0 Å². The summed E-state index contributed by atoms with van der Waals surface area (Å²) < 4.78 is 32.9. The molecular weight excluding hydrogens is 486 g/mol. The van der Waals surface area contributed by atoms with Crippen molar-refractivity contribution in [1.82, 2.24) is 0 Å². The highest BCUT2D eigenvalue weighted by Crippen LogP contribution is 2.38. The molecule has 0 saturated heterocycles. The number of benzene rings is 1. The Hall–Kier alpha value is -0.230. The molecule has 0 saturated carbocycles. The number of phenols is 1. The monoisotopic (exact) mass is 497 g/mol. The number of phenolic OH excluding ortho intramolecular Hbond substituents is 1. The molecule has 4 nitrogen and oxygen atoms in total. The summed E-state index contributed by atoms with van der Waals surface area (Å²) in [4.78, 5) is 11.2. The molecule has 0 amide bonds. The number of hydrogen-bond donors (Lipinski definition) is 2. The zero-order valence-corrected chi connectivity index (χ0v) is 14.1. The van der Waals surface area contributed by atoms with Crippen LogP contribution in [-0.2, 0) is 9.53 Å². The first-order chi connectivity index (χ1) is 8.71. The van der Waals surface area contributed by atoms with E-state index in [9.17, 15) is 18.7 Å². The topological polar surface area (TPSA) is 72.5 Å². The summed E-state index contributed by atoms with van der Waals surface area (Å²) in [6, 6.07) is 0.958. The molecule has 1 atom stereocenters. The van der Waals surface area contributed by atoms with Gasteiger partial charge in [-0.05, 0) is 64.2 Å². The largest absolute Gasteiger partial charge is 0.506 e. The maximum Gasteiger partial charge on any atom is 0.379 e. The van der Waals surface area contributed by atoms with Gasteiger partial charge in [-0.15, -0.1) is 0 Å². The van der Waals surface area contributed by atoms with Crippen LogP contribution >= 0.6 is 45.2 Å². The Kier molecular flexibility index (Phi) is 5.74. The predicted molar refractivity (Wildman–Crippen MR) is 82.0 cm³/mol. The van der Waals surface area contributed by atoms with Gasteiger partial charge in [-0.2, -0.15) is 8.78 Å². The Morgan fingerprint density at radius 2 is 2.11 bits per heavy atom. The highest BCUT2D eigenvalue weighted by molar-refractivity contribution is 14.1. The SMILES string of the molecule is CCOC(=O)C(F)(F)[C@@H](N)c1cc(I)cc(I)c1O. The molecule has 0 aliphatic heterocycles. The van der Waals surface area contributed by atoms with E-state index in [-0.39, 0.29) is 17.9 Å². The summed E-state index contributed by atoms with van der Waals surface area (Å²) in [5.41, 5.74) is 5.24. The Morgan fingerprint density at radius 1 is 1.53 bits per heavy atom. The molecule has 0 spiro atoms. The summed E-state index contributed by atoms with van der Waals surface area (Å²) in [7, 11) is 0. The molecule has 3 N–H and O–H groups in total. The van der Waals surface area contributed by atoms with Crippen molar-refractivity contribution in [3.05, 3.63) is 24.8 Å². The van der Waals surface area contributed by atoms with Gasteiger partial charge in [0.05, 0.1) is 10.2 Å². The average molecular weight is 497 g/mol. The smallest absolute Gasteiger partial charge is 0.379 e. The summed E-state index contributed by atoms with van der Waals surface area (Å²) >= 11 is 3.71. The summed E-state index contributed by atoms with van der Waals surface area (Å²) in [6.07, 6.45) is 0.